The van der Waals surface area contributed by atoms with Crippen molar-refractivity contribution in [3.63, 3.8) is 0 Å². The molecule has 2 amide bonds. The zero-order chi connectivity index (χ0) is 18.6. The van der Waals surface area contributed by atoms with E-state index >= 15 is 0 Å². The number of rotatable bonds is 6. The van der Waals surface area contributed by atoms with Crippen LogP contribution in [0.2, 0.25) is 0 Å². The molecule has 0 unspecified atom stereocenters. The first-order chi connectivity index (χ1) is 11.8. The Morgan fingerprint density at radius 3 is 2.64 bits per heavy atom. The fourth-order valence-corrected chi connectivity index (χ4v) is 2.70. The largest absolute Gasteiger partial charge is 0.478 e. The highest BCUT2D eigenvalue weighted by Crippen LogP contribution is 2.29. The lowest BCUT2D eigenvalue weighted by Crippen LogP contribution is -2.47. The molecule has 1 aromatic carbocycles. The maximum atomic E-state index is 12.6. The third kappa shape index (κ3) is 4.49. The number of anilines is 1. The van der Waals surface area contributed by atoms with E-state index in [1.54, 1.807) is 31.3 Å². The number of likely N-dealkylation sites (N-methyl/N-ethyl adjacent to an activating group) is 1. The van der Waals surface area contributed by atoms with E-state index in [-0.39, 0.29) is 24.2 Å². The second-order valence-corrected chi connectivity index (χ2v) is 6.47. The number of nitrogens with zero attached hydrogens (tertiary/aromatic N) is 1. The monoisotopic (exact) mass is 348 g/mol. The minimum absolute atomic E-state index is 0.151. The predicted molar refractivity (Wildman–Crippen MR) is 92.1 cm³/mol. The second-order valence-electron chi connectivity index (χ2n) is 6.47. The maximum Gasteiger partial charge on any atom is 0.328 e. The van der Waals surface area contributed by atoms with Crippen molar-refractivity contribution in [1.82, 2.24) is 4.90 Å². The second kappa shape index (κ2) is 8.00. The number of ether oxygens (including phenoxy) is 2. The van der Waals surface area contributed by atoms with Crippen LogP contribution in [0.4, 0.5) is 5.69 Å². The number of esters is 1. The summed E-state index contributed by atoms with van der Waals surface area (Å²) in [6.45, 7) is 3.92. The van der Waals surface area contributed by atoms with E-state index in [1.165, 1.54) is 12.0 Å². The predicted octanol–water partition coefficient (Wildman–Crippen LogP) is 1.82. The van der Waals surface area contributed by atoms with E-state index in [0.717, 1.165) is 0 Å². The first-order valence-electron chi connectivity index (χ1n) is 8.23. The lowest BCUT2D eigenvalue weighted by molar-refractivity contribution is -0.153. The van der Waals surface area contributed by atoms with Crippen LogP contribution in [0.5, 0.6) is 5.75 Å². The fourth-order valence-electron chi connectivity index (χ4n) is 2.70. The number of hydrogen-bond donors (Lipinski definition) is 1. The van der Waals surface area contributed by atoms with Crippen molar-refractivity contribution in [1.29, 1.82) is 0 Å². The molecule has 0 saturated carbocycles. The summed E-state index contributed by atoms with van der Waals surface area (Å²) in [5, 5.41) is 2.72. The molecule has 0 saturated heterocycles. The maximum absolute atomic E-state index is 12.6. The number of carbonyl (C=O) groups is 3. The first-order valence-corrected chi connectivity index (χ1v) is 8.23. The molecule has 136 valence electrons. The molecule has 2 rings (SSSR count). The van der Waals surface area contributed by atoms with Gasteiger partial charge < -0.3 is 19.7 Å². The quantitative estimate of drug-likeness (QED) is 0.793. The van der Waals surface area contributed by atoms with Gasteiger partial charge in [0.1, 0.15) is 11.8 Å². The molecule has 0 radical (unpaired) electrons. The Hall–Kier alpha value is -2.57. The highest BCUT2D eigenvalue weighted by molar-refractivity contribution is 6.00. The number of fused-ring (bicyclic) bond motifs is 1. The molecule has 1 N–H and O–H groups in total. The van der Waals surface area contributed by atoms with Crippen molar-refractivity contribution in [2.24, 2.45) is 5.92 Å². The molecular formula is C18H24N2O5. The topological polar surface area (TPSA) is 84.9 Å². The fraction of sp³-hybridized carbons (Fsp3) is 0.500. The van der Waals surface area contributed by atoms with E-state index in [0.29, 0.717) is 17.9 Å². The van der Waals surface area contributed by atoms with Crippen molar-refractivity contribution in [2.75, 3.05) is 19.5 Å². The van der Waals surface area contributed by atoms with Crippen LogP contribution in [-0.4, -0.2) is 49.0 Å². The van der Waals surface area contributed by atoms with Gasteiger partial charge in [-0.05, 0) is 24.5 Å². The van der Waals surface area contributed by atoms with Crippen LogP contribution < -0.4 is 10.1 Å². The zero-order valence-electron chi connectivity index (χ0n) is 14.9. The van der Waals surface area contributed by atoms with Crippen LogP contribution in [0.15, 0.2) is 24.3 Å². The molecule has 0 bridgehead atoms. The van der Waals surface area contributed by atoms with Crippen LogP contribution in [0.3, 0.4) is 0 Å². The number of methoxy groups -OCH3 is 1. The van der Waals surface area contributed by atoms with Gasteiger partial charge in [0, 0.05) is 7.05 Å². The van der Waals surface area contributed by atoms with Gasteiger partial charge in [0.2, 0.25) is 5.91 Å². The van der Waals surface area contributed by atoms with Gasteiger partial charge in [-0.3, -0.25) is 9.59 Å². The average molecular weight is 348 g/mol. The molecule has 0 spiro atoms. The summed E-state index contributed by atoms with van der Waals surface area (Å²) in [7, 11) is 2.84. The first kappa shape index (κ1) is 18.8. The lowest BCUT2D eigenvalue weighted by Gasteiger charge is -2.30. The minimum atomic E-state index is -0.929. The number of hydrogen-bond acceptors (Lipinski definition) is 5. The lowest BCUT2D eigenvalue weighted by atomic mass is 10.0. The Morgan fingerprint density at radius 1 is 1.32 bits per heavy atom. The molecular weight excluding hydrogens is 324 g/mol. The van der Waals surface area contributed by atoms with Crippen molar-refractivity contribution < 1.29 is 23.9 Å². The van der Waals surface area contributed by atoms with E-state index in [1.807, 2.05) is 13.8 Å². The Kier molecular flexibility index (Phi) is 6.01. The molecule has 1 aromatic rings. The third-order valence-corrected chi connectivity index (χ3v) is 4.10. The molecule has 7 nitrogen and oxygen atoms in total. The Balaban J connectivity index is 2.07. The van der Waals surface area contributed by atoms with Gasteiger partial charge in [-0.2, -0.15) is 0 Å². The Morgan fingerprint density at radius 2 is 2.00 bits per heavy atom. The summed E-state index contributed by atoms with van der Waals surface area (Å²) in [4.78, 5) is 38.0. The van der Waals surface area contributed by atoms with Gasteiger partial charge in [-0.1, -0.05) is 26.0 Å². The van der Waals surface area contributed by atoms with Crippen molar-refractivity contribution >= 4 is 23.5 Å². The average Bonchev–Trinajstić information content (AvgIpc) is 2.58. The van der Waals surface area contributed by atoms with Crippen molar-refractivity contribution in [3.8, 4) is 5.75 Å². The summed E-state index contributed by atoms with van der Waals surface area (Å²) < 4.78 is 10.4. The van der Waals surface area contributed by atoms with Crippen LogP contribution in [-0.2, 0) is 19.1 Å². The normalized spacial score (nSPS) is 17.2. The van der Waals surface area contributed by atoms with Gasteiger partial charge >= 0.3 is 5.97 Å². The molecule has 2 atom stereocenters. The smallest absolute Gasteiger partial charge is 0.328 e. The van der Waals surface area contributed by atoms with Crippen LogP contribution in [0, 0.1) is 5.92 Å². The SMILES string of the molecule is COC(=O)[C@H](CC(C)C)N(C)C(=O)C[C@@H]1Oc2ccccc2NC1=O. The van der Waals surface area contributed by atoms with Gasteiger partial charge in [0.25, 0.3) is 5.91 Å². The van der Waals surface area contributed by atoms with Gasteiger partial charge in [-0.25, -0.2) is 4.79 Å². The molecule has 1 aliphatic rings. The van der Waals surface area contributed by atoms with E-state index in [9.17, 15) is 14.4 Å². The number of benzene rings is 1. The van der Waals surface area contributed by atoms with Gasteiger partial charge in [0.15, 0.2) is 6.10 Å². The molecule has 1 aliphatic heterocycles. The van der Waals surface area contributed by atoms with Crippen LogP contribution in [0.25, 0.3) is 0 Å². The molecule has 0 aliphatic carbocycles. The third-order valence-electron chi connectivity index (χ3n) is 4.10. The molecule has 0 aromatic heterocycles. The van der Waals surface area contributed by atoms with Gasteiger partial charge in [-0.15, -0.1) is 0 Å². The Bertz CT molecular complexity index is 659. The molecule has 7 heteroatoms. The van der Waals surface area contributed by atoms with E-state index < -0.39 is 18.1 Å². The van der Waals surface area contributed by atoms with Gasteiger partial charge in [0.05, 0.1) is 19.2 Å². The van der Waals surface area contributed by atoms with Crippen LogP contribution in [0.1, 0.15) is 26.7 Å². The number of carbonyl (C=O) groups excluding carboxylic acids is 3. The summed E-state index contributed by atoms with van der Waals surface area (Å²) in [6.07, 6.45) is -0.597. The number of amides is 2. The number of para-hydroxylation sites is 2. The molecule has 1 heterocycles. The Labute approximate surface area is 147 Å². The zero-order valence-corrected chi connectivity index (χ0v) is 14.9. The van der Waals surface area contributed by atoms with Crippen molar-refractivity contribution in [3.05, 3.63) is 24.3 Å². The highest BCUT2D eigenvalue weighted by Gasteiger charge is 2.34. The van der Waals surface area contributed by atoms with E-state index in [4.69, 9.17) is 9.47 Å². The summed E-state index contributed by atoms with van der Waals surface area (Å²) in [6, 6.07) is 6.35. The molecule has 0 fully saturated rings. The van der Waals surface area contributed by atoms with E-state index in [2.05, 4.69) is 5.32 Å². The summed E-state index contributed by atoms with van der Waals surface area (Å²) in [5.74, 6) is -0.465. The standard InChI is InChI=1S/C18H24N2O5/c1-11(2)9-13(18(23)24-4)20(3)16(21)10-15-17(22)19-12-7-5-6-8-14(12)25-15/h5-8,11,13,15H,9-10H2,1-4H3,(H,19,22)/t13-,15-/m0/s1. The van der Waals surface area contributed by atoms with Crippen molar-refractivity contribution in [2.45, 2.75) is 38.8 Å². The van der Waals surface area contributed by atoms with Crippen LogP contribution >= 0.6 is 0 Å². The minimum Gasteiger partial charge on any atom is -0.478 e. The summed E-state index contributed by atoms with van der Waals surface area (Å²) in [5.41, 5.74) is 0.580. The number of nitrogens with one attached hydrogen (secondary N) is 1. The summed E-state index contributed by atoms with van der Waals surface area (Å²) >= 11 is 0. The highest BCUT2D eigenvalue weighted by atomic mass is 16.5. The molecule has 25 heavy (non-hydrogen) atoms.